The fourth-order valence-corrected chi connectivity index (χ4v) is 3.44. The van der Waals surface area contributed by atoms with E-state index < -0.39 is 11.7 Å². The molecule has 2 aromatic heterocycles. The molecular weight excluding hydrogens is 298 g/mol. The van der Waals surface area contributed by atoms with Gasteiger partial charge in [0.2, 0.25) is 0 Å². The van der Waals surface area contributed by atoms with E-state index >= 15 is 0 Å². The van der Waals surface area contributed by atoms with Crippen molar-refractivity contribution in [2.75, 3.05) is 11.9 Å². The minimum atomic E-state index is -1.34. The molecular formula is C15H21N5O3. The highest BCUT2D eigenvalue weighted by atomic mass is 16.3. The Balaban J connectivity index is 1.72. The molecule has 0 radical (unpaired) electrons. The highest BCUT2D eigenvalue weighted by molar-refractivity contribution is 5.83. The molecule has 0 spiro atoms. The van der Waals surface area contributed by atoms with Gasteiger partial charge in [-0.15, -0.1) is 0 Å². The highest BCUT2D eigenvalue weighted by Crippen LogP contribution is 2.43. The van der Waals surface area contributed by atoms with Crippen molar-refractivity contribution in [3.8, 4) is 0 Å². The molecule has 4 rings (SSSR count). The summed E-state index contributed by atoms with van der Waals surface area (Å²) in [5, 5.41) is 33.8. The minimum absolute atomic E-state index is 0.170. The molecule has 4 N–H and O–H groups in total. The molecule has 0 saturated heterocycles. The van der Waals surface area contributed by atoms with Crippen LogP contribution in [-0.2, 0) is 0 Å². The SMILES string of the molecule is CC1(O)C(O)[C@H](n2cnc3c(NC4CC4)ncnc32)C[C@@H]1CO. The number of hydrogen-bond acceptors (Lipinski definition) is 7. The third-order valence-corrected chi connectivity index (χ3v) is 5.17. The average Bonchev–Trinajstić information content (AvgIpc) is 3.19. The van der Waals surface area contributed by atoms with Crippen molar-refractivity contribution in [1.29, 1.82) is 0 Å². The average molecular weight is 319 g/mol. The molecule has 0 amide bonds. The monoisotopic (exact) mass is 319 g/mol. The van der Waals surface area contributed by atoms with Gasteiger partial charge in [-0.1, -0.05) is 0 Å². The van der Waals surface area contributed by atoms with Gasteiger partial charge in [0.1, 0.15) is 17.9 Å². The van der Waals surface area contributed by atoms with Gasteiger partial charge in [0, 0.05) is 18.6 Å². The second-order valence-electron chi connectivity index (χ2n) is 6.82. The lowest BCUT2D eigenvalue weighted by Crippen LogP contribution is -2.43. The quantitative estimate of drug-likeness (QED) is 0.630. The molecule has 0 bridgehead atoms. The number of aliphatic hydroxyl groups excluding tert-OH is 2. The first kappa shape index (κ1) is 14.8. The molecule has 23 heavy (non-hydrogen) atoms. The van der Waals surface area contributed by atoms with Crippen LogP contribution in [0.1, 0.15) is 32.2 Å². The zero-order valence-corrected chi connectivity index (χ0v) is 12.9. The molecule has 124 valence electrons. The lowest BCUT2D eigenvalue weighted by molar-refractivity contribution is -0.0840. The summed E-state index contributed by atoms with van der Waals surface area (Å²) in [6.07, 6.45) is 4.84. The maximum absolute atomic E-state index is 10.5. The Morgan fingerprint density at radius 3 is 2.78 bits per heavy atom. The van der Waals surface area contributed by atoms with Gasteiger partial charge in [0.05, 0.1) is 18.0 Å². The van der Waals surface area contributed by atoms with Crippen LogP contribution in [0.15, 0.2) is 12.7 Å². The summed E-state index contributed by atoms with van der Waals surface area (Å²) in [5.41, 5.74) is -0.0433. The van der Waals surface area contributed by atoms with Gasteiger partial charge in [-0.05, 0) is 26.2 Å². The van der Waals surface area contributed by atoms with E-state index in [1.54, 1.807) is 17.8 Å². The van der Waals surface area contributed by atoms with E-state index in [0.717, 1.165) is 12.8 Å². The van der Waals surface area contributed by atoms with Crippen LogP contribution in [0, 0.1) is 5.92 Å². The van der Waals surface area contributed by atoms with Crippen molar-refractivity contribution in [2.45, 2.75) is 50.0 Å². The van der Waals surface area contributed by atoms with Crippen LogP contribution in [0.25, 0.3) is 11.2 Å². The van der Waals surface area contributed by atoms with Gasteiger partial charge in [-0.25, -0.2) is 15.0 Å². The predicted octanol–water partition coefficient (Wildman–Crippen LogP) is 0.0658. The number of rotatable bonds is 4. The van der Waals surface area contributed by atoms with E-state index in [9.17, 15) is 15.3 Å². The number of imidazole rings is 1. The lowest BCUT2D eigenvalue weighted by atomic mass is 9.92. The van der Waals surface area contributed by atoms with E-state index in [4.69, 9.17) is 0 Å². The number of aromatic nitrogens is 4. The van der Waals surface area contributed by atoms with Crippen molar-refractivity contribution < 1.29 is 15.3 Å². The van der Waals surface area contributed by atoms with Gasteiger partial charge in [-0.3, -0.25) is 0 Å². The molecule has 2 heterocycles. The first-order valence-corrected chi connectivity index (χ1v) is 7.97. The molecule has 2 saturated carbocycles. The summed E-state index contributed by atoms with van der Waals surface area (Å²) in [7, 11) is 0. The number of anilines is 1. The Labute approximate surface area is 133 Å². The number of nitrogens with zero attached hydrogens (tertiary/aromatic N) is 4. The van der Waals surface area contributed by atoms with Crippen LogP contribution in [0.2, 0.25) is 0 Å². The van der Waals surface area contributed by atoms with E-state index in [-0.39, 0.29) is 18.6 Å². The minimum Gasteiger partial charge on any atom is -0.396 e. The Hall–Kier alpha value is -1.77. The first-order valence-electron chi connectivity index (χ1n) is 7.97. The van der Waals surface area contributed by atoms with Gasteiger partial charge in [0.15, 0.2) is 11.5 Å². The van der Waals surface area contributed by atoms with Gasteiger partial charge >= 0.3 is 0 Å². The third-order valence-electron chi connectivity index (χ3n) is 5.17. The van der Waals surface area contributed by atoms with Crippen LogP contribution in [-0.4, -0.2) is 59.2 Å². The predicted molar refractivity (Wildman–Crippen MR) is 82.8 cm³/mol. The van der Waals surface area contributed by atoms with Crippen molar-refractivity contribution in [3.05, 3.63) is 12.7 Å². The highest BCUT2D eigenvalue weighted by Gasteiger charge is 2.51. The Morgan fingerprint density at radius 2 is 2.13 bits per heavy atom. The normalized spacial score (nSPS) is 34.2. The zero-order valence-electron chi connectivity index (χ0n) is 12.9. The largest absolute Gasteiger partial charge is 0.396 e. The van der Waals surface area contributed by atoms with Crippen LogP contribution < -0.4 is 5.32 Å². The van der Waals surface area contributed by atoms with E-state index in [1.807, 2.05) is 0 Å². The van der Waals surface area contributed by atoms with Crippen molar-refractivity contribution in [1.82, 2.24) is 19.5 Å². The fraction of sp³-hybridized carbons (Fsp3) is 0.667. The molecule has 2 aromatic rings. The lowest BCUT2D eigenvalue weighted by Gasteiger charge is -2.28. The van der Waals surface area contributed by atoms with E-state index in [0.29, 0.717) is 29.4 Å². The maximum atomic E-state index is 10.5. The number of aliphatic hydroxyl groups is 3. The molecule has 2 fully saturated rings. The van der Waals surface area contributed by atoms with Crippen LogP contribution in [0.5, 0.6) is 0 Å². The van der Waals surface area contributed by atoms with Gasteiger partial charge in [-0.2, -0.15) is 0 Å². The second kappa shape index (κ2) is 5.12. The Morgan fingerprint density at radius 1 is 1.35 bits per heavy atom. The second-order valence-corrected chi connectivity index (χ2v) is 6.82. The van der Waals surface area contributed by atoms with E-state index in [2.05, 4.69) is 20.3 Å². The first-order chi connectivity index (χ1) is 11.0. The smallest absolute Gasteiger partial charge is 0.165 e. The number of nitrogens with one attached hydrogen (secondary N) is 1. The summed E-state index contributed by atoms with van der Waals surface area (Å²) in [4.78, 5) is 13.0. The summed E-state index contributed by atoms with van der Waals surface area (Å²) < 4.78 is 1.78. The van der Waals surface area contributed by atoms with Crippen LogP contribution in [0.4, 0.5) is 5.82 Å². The number of fused-ring (bicyclic) bond motifs is 1. The summed E-state index contributed by atoms with van der Waals surface area (Å²) in [5.74, 6) is 0.319. The molecule has 0 aromatic carbocycles. The molecule has 2 aliphatic rings. The van der Waals surface area contributed by atoms with Gasteiger partial charge in [0.25, 0.3) is 0 Å². The number of hydrogen-bond donors (Lipinski definition) is 4. The zero-order chi connectivity index (χ0) is 16.2. The van der Waals surface area contributed by atoms with Gasteiger partial charge < -0.3 is 25.2 Å². The molecule has 0 aliphatic heterocycles. The summed E-state index contributed by atoms with van der Waals surface area (Å²) in [6.45, 7) is 1.39. The maximum Gasteiger partial charge on any atom is 0.165 e. The van der Waals surface area contributed by atoms with Crippen LogP contribution >= 0.6 is 0 Å². The Bertz CT molecular complexity index is 727. The standard InChI is InChI=1S/C15H21N5O3/c1-15(23)8(5-21)4-10(12(15)22)20-7-18-11-13(19-9-2-3-9)16-6-17-14(11)20/h6-10,12,21-23H,2-5H2,1H3,(H,16,17,19)/t8-,10-,12?,15?/m1/s1. The van der Waals surface area contributed by atoms with Crippen molar-refractivity contribution in [2.24, 2.45) is 5.92 Å². The molecule has 2 aliphatic carbocycles. The van der Waals surface area contributed by atoms with Crippen molar-refractivity contribution >= 4 is 17.0 Å². The molecule has 8 nitrogen and oxygen atoms in total. The molecule has 8 heteroatoms. The molecule has 4 atom stereocenters. The topological polar surface area (TPSA) is 116 Å². The third kappa shape index (κ3) is 2.29. The van der Waals surface area contributed by atoms with Crippen LogP contribution in [0.3, 0.4) is 0 Å². The summed E-state index contributed by atoms with van der Waals surface area (Å²) >= 11 is 0. The van der Waals surface area contributed by atoms with Crippen molar-refractivity contribution in [3.63, 3.8) is 0 Å². The Kier molecular flexibility index (Phi) is 3.29. The summed E-state index contributed by atoms with van der Waals surface area (Å²) in [6, 6.07) is 0.0747. The molecule has 2 unspecified atom stereocenters. The van der Waals surface area contributed by atoms with E-state index in [1.165, 1.54) is 6.33 Å². The fourth-order valence-electron chi connectivity index (χ4n) is 3.44.